The van der Waals surface area contributed by atoms with Gasteiger partial charge >= 0.3 is 0 Å². The van der Waals surface area contributed by atoms with Crippen LogP contribution < -0.4 is 0 Å². The molecule has 0 saturated heterocycles. The summed E-state index contributed by atoms with van der Waals surface area (Å²) in [5.41, 5.74) is 2.45. The van der Waals surface area contributed by atoms with Gasteiger partial charge in [0.15, 0.2) is 0 Å². The molecule has 0 N–H and O–H groups in total. The van der Waals surface area contributed by atoms with E-state index >= 15 is 0 Å². The fraction of sp³-hybridized carbons (Fsp3) is 0.0909. The van der Waals surface area contributed by atoms with Crippen LogP contribution in [-0.4, -0.2) is 5.38 Å². The number of alkyl halides is 1. The molecule has 2 rings (SSSR count). The Bertz CT molecular complexity index is 322. The molecule has 1 aromatic rings. The molecule has 0 heterocycles. The summed E-state index contributed by atoms with van der Waals surface area (Å²) in [5, 5.41) is 0.0696. The maximum atomic E-state index is 5.89. The van der Waals surface area contributed by atoms with Gasteiger partial charge in [-0.3, -0.25) is 0 Å². The average Bonchev–Trinajstić information content (AvgIpc) is 2.54. The molecule has 0 saturated carbocycles. The molecule has 0 bridgehead atoms. The molecule has 0 spiro atoms. The van der Waals surface area contributed by atoms with Crippen molar-refractivity contribution in [1.82, 2.24) is 0 Å². The number of rotatable bonds is 1. The van der Waals surface area contributed by atoms with Crippen LogP contribution in [0.15, 0.2) is 48.6 Å². The molecule has 0 amide bonds. The Balaban J connectivity index is 2.34. The molecule has 60 valence electrons. The number of hydrogen-bond acceptors (Lipinski definition) is 0. The van der Waals surface area contributed by atoms with Crippen molar-refractivity contribution in [1.29, 1.82) is 0 Å². The van der Waals surface area contributed by atoms with E-state index in [2.05, 4.69) is 24.3 Å². The molecule has 0 aromatic heterocycles. The second-order valence-electron chi connectivity index (χ2n) is 2.79. The number of allylic oxidation sites excluding steroid dienone is 4. The Morgan fingerprint density at radius 3 is 2.42 bits per heavy atom. The molecule has 12 heavy (non-hydrogen) atoms. The molecule has 0 fully saturated rings. The lowest BCUT2D eigenvalue weighted by Gasteiger charge is -1.97. The molecule has 0 nitrogen and oxygen atoms in total. The summed E-state index contributed by atoms with van der Waals surface area (Å²) in [5.74, 6) is 0. The molecule has 1 atom stereocenters. The summed E-state index contributed by atoms with van der Waals surface area (Å²) >= 11 is 5.89. The number of halogens is 1. The van der Waals surface area contributed by atoms with Gasteiger partial charge in [-0.15, -0.1) is 11.6 Å². The van der Waals surface area contributed by atoms with Gasteiger partial charge in [0.05, 0.1) is 5.38 Å². The Morgan fingerprint density at radius 1 is 1.08 bits per heavy atom. The first-order valence-corrected chi connectivity index (χ1v) is 4.39. The van der Waals surface area contributed by atoms with Crippen molar-refractivity contribution in [3.05, 3.63) is 54.1 Å². The van der Waals surface area contributed by atoms with Gasteiger partial charge in [-0.25, -0.2) is 0 Å². The van der Waals surface area contributed by atoms with E-state index in [0.717, 1.165) is 0 Å². The van der Waals surface area contributed by atoms with Crippen LogP contribution in [0.4, 0.5) is 0 Å². The smallest absolute Gasteiger partial charge is 0.0709 e. The van der Waals surface area contributed by atoms with Gasteiger partial charge in [0, 0.05) is 0 Å². The summed E-state index contributed by atoms with van der Waals surface area (Å²) in [6, 6.07) is 10.3. The van der Waals surface area contributed by atoms with Gasteiger partial charge in [-0.1, -0.05) is 48.6 Å². The highest BCUT2D eigenvalue weighted by molar-refractivity contribution is 6.24. The van der Waals surface area contributed by atoms with E-state index in [1.807, 2.05) is 24.3 Å². The molecular weight excluding hydrogens is 168 g/mol. The summed E-state index contributed by atoms with van der Waals surface area (Å²) < 4.78 is 0. The normalized spacial score (nSPS) is 21.1. The number of benzene rings is 1. The predicted octanol–water partition coefficient (Wildman–Crippen LogP) is 3.25. The van der Waals surface area contributed by atoms with E-state index in [1.54, 1.807) is 0 Å². The van der Waals surface area contributed by atoms with E-state index < -0.39 is 0 Å². The third kappa shape index (κ3) is 1.44. The van der Waals surface area contributed by atoms with Crippen molar-refractivity contribution in [3.63, 3.8) is 0 Å². The second kappa shape index (κ2) is 3.16. The van der Waals surface area contributed by atoms with Crippen LogP contribution in [0.5, 0.6) is 0 Å². The first kappa shape index (κ1) is 7.63. The molecule has 1 heteroatoms. The predicted molar refractivity (Wildman–Crippen MR) is 53.2 cm³/mol. The molecule has 1 aliphatic rings. The van der Waals surface area contributed by atoms with E-state index in [9.17, 15) is 0 Å². The van der Waals surface area contributed by atoms with Crippen molar-refractivity contribution in [2.45, 2.75) is 5.38 Å². The summed E-state index contributed by atoms with van der Waals surface area (Å²) in [6.07, 6.45) is 6.10. The van der Waals surface area contributed by atoms with E-state index in [-0.39, 0.29) is 5.38 Å². The largest absolute Gasteiger partial charge is 0.114 e. The van der Waals surface area contributed by atoms with Crippen LogP contribution >= 0.6 is 11.6 Å². The first-order valence-electron chi connectivity index (χ1n) is 3.96. The average molecular weight is 177 g/mol. The molecule has 0 aliphatic heterocycles. The Kier molecular flexibility index (Phi) is 2.01. The lowest BCUT2D eigenvalue weighted by atomic mass is 10.1. The Labute approximate surface area is 77.2 Å². The van der Waals surface area contributed by atoms with Gasteiger partial charge in [-0.2, -0.15) is 0 Å². The van der Waals surface area contributed by atoms with Crippen LogP contribution in [0, 0.1) is 0 Å². The van der Waals surface area contributed by atoms with Crippen molar-refractivity contribution in [3.8, 4) is 0 Å². The third-order valence-electron chi connectivity index (χ3n) is 1.91. The minimum atomic E-state index is 0.0696. The fourth-order valence-electron chi connectivity index (χ4n) is 1.30. The van der Waals surface area contributed by atoms with Crippen LogP contribution in [-0.2, 0) is 0 Å². The lowest BCUT2D eigenvalue weighted by molar-refractivity contribution is 1.45. The molecule has 1 aliphatic carbocycles. The zero-order chi connectivity index (χ0) is 8.39. The Hall–Kier alpha value is -1.01. The van der Waals surface area contributed by atoms with Gasteiger partial charge in [-0.05, 0) is 11.1 Å². The van der Waals surface area contributed by atoms with Crippen LogP contribution in [0.1, 0.15) is 5.56 Å². The molecule has 1 unspecified atom stereocenters. The SMILES string of the molecule is ClC1C=CC(c2ccccc2)=C1. The van der Waals surface area contributed by atoms with Crippen molar-refractivity contribution >= 4 is 17.2 Å². The minimum absolute atomic E-state index is 0.0696. The number of hydrogen-bond donors (Lipinski definition) is 0. The lowest BCUT2D eigenvalue weighted by Crippen LogP contribution is -1.80. The highest BCUT2D eigenvalue weighted by atomic mass is 35.5. The summed E-state index contributed by atoms with van der Waals surface area (Å²) in [6.45, 7) is 0. The van der Waals surface area contributed by atoms with Gasteiger partial charge in [0.2, 0.25) is 0 Å². The third-order valence-corrected chi connectivity index (χ3v) is 2.18. The van der Waals surface area contributed by atoms with Crippen molar-refractivity contribution < 1.29 is 0 Å². The fourth-order valence-corrected chi connectivity index (χ4v) is 1.51. The second-order valence-corrected chi connectivity index (χ2v) is 3.30. The van der Waals surface area contributed by atoms with Crippen LogP contribution in [0.2, 0.25) is 0 Å². The monoisotopic (exact) mass is 176 g/mol. The molecular formula is C11H9Cl. The highest BCUT2D eigenvalue weighted by Crippen LogP contribution is 2.23. The maximum Gasteiger partial charge on any atom is 0.0709 e. The first-order chi connectivity index (χ1) is 5.86. The standard InChI is InChI=1S/C11H9Cl/c12-11-7-6-10(8-11)9-4-2-1-3-5-9/h1-8,11H. The van der Waals surface area contributed by atoms with Crippen molar-refractivity contribution in [2.75, 3.05) is 0 Å². The summed E-state index contributed by atoms with van der Waals surface area (Å²) in [4.78, 5) is 0. The van der Waals surface area contributed by atoms with E-state index in [1.165, 1.54) is 11.1 Å². The van der Waals surface area contributed by atoms with Crippen molar-refractivity contribution in [2.24, 2.45) is 0 Å². The maximum absolute atomic E-state index is 5.89. The van der Waals surface area contributed by atoms with Gasteiger partial charge in [0.25, 0.3) is 0 Å². The minimum Gasteiger partial charge on any atom is -0.114 e. The summed E-state index contributed by atoms with van der Waals surface area (Å²) in [7, 11) is 0. The zero-order valence-corrected chi connectivity index (χ0v) is 7.33. The van der Waals surface area contributed by atoms with E-state index in [0.29, 0.717) is 0 Å². The zero-order valence-electron chi connectivity index (χ0n) is 6.57. The molecule has 0 radical (unpaired) electrons. The van der Waals surface area contributed by atoms with Gasteiger partial charge < -0.3 is 0 Å². The van der Waals surface area contributed by atoms with Gasteiger partial charge in [0.1, 0.15) is 0 Å². The highest BCUT2D eigenvalue weighted by Gasteiger charge is 2.06. The topological polar surface area (TPSA) is 0 Å². The van der Waals surface area contributed by atoms with Crippen LogP contribution in [0.25, 0.3) is 5.57 Å². The van der Waals surface area contributed by atoms with E-state index in [4.69, 9.17) is 11.6 Å². The quantitative estimate of drug-likeness (QED) is 0.577. The molecule has 1 aromatic carbocycles. The van der Waals surface area contributed by atoms with Crippen LogP contribution in [0.3, 0.4) is 0 Å². The Morgan fingerprint density at radius 2 is 1.83 bits per heavy atom.